The van der Waals surface area contributed by atoms with Gasteiger partial charge in [-0.15, -0.1) is 0 Å². The topological polar surface area (TPSA) is 137 Å². The molecule has 0 aliphatic heterocycles. The van der Waals surface area contributed by atoms with E-state index in [0.717, 1.165) is 12.6 Å². The summed E-state index contributed by atoms with van der Waals surface area (Å²) < 4.78 is 31.5. The fourth-order valence-corrected chi connectivity index (χ4v) is 1.40. The molecule has 0 unspecified atom stereocenters. The molecular formula is C9H15N3O3S. The van der Waals surface area contributed by atoms with Gasteiger partial charge in [0.2, 0.25) is 0 Å². The number of anilines is 2. The zero-order chi connectivity index (χ0) is 12.8. The van der Waals surface area contributed by atoms with Gasteiger partial charge in [-0.05, 0) is 24.3 Å². The van der Waals surface area contributed by atoms with Crippen LogP contribution in [-0.4, -0.2) is 19.5 Å². The van der Waals surface area contributed by atoms with Crippen molar-refractivity contribution in [1.82, 2.24) is 0 Å². The van der Waals surface area contributed by atoms with E-state index in [1.165, 1.54) is 12.1 Å². The Hall–Kier alpha value is -1.57. The number of nitrogens with two attached hydrogens (primary N) is 2. The summed E-state index contributed by atoms with van der Waals surface area (Å²) in [7, 11) is -4.51. The molecule has 0 spiro atoms. The second-order valence-electron chi connectivity index (χ2n) is 2.83. The van der Waals surface area contributed by atoms with Crippen LogP contribution in [0.25, 0.3) is 0 Å². The zero-order valence-electron chi connectivity index (χ0n) is 8.72. The molecule has 0 saturated carbocycles. The summed E-state index contributed by atoms with van der Waals surface area (Å²) in [6.07, 6.45) is 1.76. The molecule has 0 fully saturated rings. The Kier molecular flexibility index (Phi) is 5.51. The van der Waals surface area contributed by atoms with Crippen molar-refractivity contribution in [2.24, 2.45) is 0 Å². The highest BCUT2D eigenvalue weighted by molar-refractivity contribution is 7.86. The molecule has 1 aromatic rings. The van der Waals surface area contributed by atoms with Crippen LogP contribution in [0.4, 0.5) is 11.4 Å². The second-order valence-corrected chi connectivity index (χ2v) is 4.18. The number of quaternary nitrogens is 1. The predicted molar refractivity (Wildman–Crippen MR) is 61.2 cm³/mol. The molecule has 0 heterocycles. The summed E-state index contributed by atoms with van der Waals surface area (Å²) in [4.78, 5) is -0.470. The molecule has 16 heavy (non-hydrogen) atoms. The first-order valence-corrected chi connectivity index (χ1v) is 5.74. The van der Waals surface area contributed by atoms with Crippen molar-refractivity contribution in [3.8, 4) is 0 Å². The van der Waals surface area contributed by atoms with E-state index < -0.39 is 15.0 Å². The third-order valence-corrected chi connectivity index (χ3v) is 2.40. The highest BCUT2D eigenvalue weighted by Crippen LogP contribution is 2.20. The molecule has 0 radical (unpaired) electrons. The zero-order valence-corrected chi connectivity index (χ0v) is 9.53. The van der Waals surface area contributed by atoms with Crippen LogP contribution in [0.15, 0.2) is 35.7 Å². The largest absolute Gasteiger partial charge is 0.744 e. The Morgan fingerprint density at radius 1 is 1.44 bits per heavy atom. The van der Waals surface area contributed by atoms with Crippen LogP contribution in [0, 0.1) is 0 Å². The minimum Gasteiger partial charge on any atom is -0.744 e. The molecule has 0 aliphatic rings. The van der Waals surface area contributed by atoms with E-state index >= 15 is 0 Å². The molecule has 1 rings (SSSR count). The van der Waals surface area contributed by atoms with Gasteiger partial charge < -0.3 is 21.8 Å². The maximum absolute atomic E-state index is 10.5. The molecule has 0 amide bonds. The van der Waals surface area contributed by atoms with Gasteiger partial charge in [-0.25, -0.2) is 8.42 Å². The fourth-order valence-electron chi connectivity index (χ4n) is 0.767. The molecule has 0 aromatic heterocycles. The van der Waals surface area contributed by atoms with Crippen molar-refractivity contribution in [1.29, 1.82) is 0 Å². The first-order chi connectivity index (χ1) is 7.32. The molecule has 7 heteroatoms. The average Bonchev–Trinajstić information content (AvgIpc) is 2.20. The van der Waals surface area contributed by atoms with Crippen molar-refractivity contribution in [2.75, 3.05) is 18.0 Å². The summed E-state index contributed by atoms with van der Waals surface area (Å²) in [5.74, 6) is 0. The Bertz CT molecular complexity index is 457. The quantitative estimate of drug-likeness (QED) is 0.355. The first kappa shape index (κ1) is 14.4. The van der Waals surface area contributed by atoms with Gasteiger partial charge >= 0.3 is 0 Å². The minimum atomic E-state index is -4.51. The lowest BCUT2D eigenvalue weighted by Gasteiger charge is -2.09. The smallest absolute Gasteiger partial charge is 0.126 e. The normalized spacial score (nSPS) is 10.1. The Morgan fingerprint density at radius 2 is 1.94 bits per heavy atom. The van der Waals surface area contributed by atoms with E-state index in [1.807, 2.05) is 0 Å². The van der Waals surface area contributed by atoms with Gasteiger partial charge in [-0.1, -0.05) is 6.58 Å². The lowest BCUT2D eigenvalue weighted by molar-refractivity contribution is -0.352. The number of benzene rings is 1. The molecule has 1 aromatic carbocycles. The van der Waals surface area contributed by atoms with Gasteiger partial charge in [-0.3, -0.25) is 0 Å². The van der Waals surface area contributed by atoms with Crippen LogP contribution in [0.2, 0.25) is 0 Å². The van der Waals surface area contributed by atoms with E-state index in [9.17, 15) is 13.0 Å². The van der Waals surface area contributed by atoms with Gasteiger partial charge in [0.1, 0.15) is 10.1 Å². The molecule has 0 aliphatic carbocycles. The Labute approximate surface area is 94.5 Å². The van der Waals surface area contributed by atoms with Crippen LogP contribution < -0.4 is 17.2 Å². The van der Waals surface area contributed by atoms with Gasteiger partial charge in [-0.2, -0.15) is 0 Å². The molecule has 0 saturated heterocycles. The summed E-state index contributed by atoms with van der Waals surface area (Å²) in [6, 6.07) is 3.74. The van der Waals surface area contributed by atoms with Crippen molar-refractivity contribution in [3.63, 3.8) is 0 Å². The SMILES string of the molecule is C=CC[NH3+].Nc1ccc(N)c(S(=O)(=O)[O-])c1. The number of hydrogen-bond donors (Lipinski definition) is 3. The van der Waals surface area contributed by atoms with E-state index in [1.54, 1.807) is 6.08 Å². The summed E-state index contributed by atoms with van der Waals surface area (Å²) in [6.45, 7) is 4.25. The average molecular weight is 245 g/mol. The Balaban J connectivity index is 0.000000487. The van der Waals surface area contributed by atoms with Crippen LogP contribution in [0.1, 0.15) is 0 Å². The van der Waals surface area contributed by atoms with Crippen molar-refractivity contribution >= 4 is 21.5 Å². The molecular weight excluding hydrogens is 230 g/mol. The Morgan fingerprint density at radius 3 is 2.25 bits per heavy atom. The summed E-state index contributed by atoms with van der Waals surface area (Å²) in [5, 5.41) is 0. The third kappa shape index (κ3) is 4.78. The van der Waals surface area contributed by atoms with Crippen molar-refractivity contribution < 1.29 is 18.7 Å². The number of rotatable bonds is 2. The molecule has 6 nitrogen and oxygen atoms in total. The van der Waals surface area contributed by atoms with Crippen LogP contribution in [-0.2, 0) is 10.1 Å². The van der Waals surface area contributed by atoms with Gasteiger partial charge in [0, 0.05) is 11.4 Å². The predicted octanol–water partition coefficient (Wildman–Crippen LogP) is -0.831. The van der Waals surface area contributed by atoms with E-state index in [4.69, 9.17) is 11.5 Å². The number of nitrogen functional groups attached to an aromatic ring is 2. The monoisotopic (exact) mass is 245 g/mol. The van der Waals surface area contributed by atoms with Gasteiger partial charge in [0.25, 0.3) is 0 Å². The summed E-state index contributed by atoms with van der Waals surface area (Å²) in [5.41, 5.74) is 14.1. The first-order valence-electron chi connectivity index (χ1n) is 4.34. The van der Waals surface area contributed by atoms with Crippen LogP contribution in [0.5, 0.6) is 0 Å². The van der Waals surface area contributed by atoms with E-state index in [0.29, 0.717) is 0 Å². The molecule has 0 bridgehead atoms. The van der Waals surface area contributed by atoms with E-state index in [2.05, 4.69) is 12.3 Å². The summed E-state index contributed by atoms with van der Waals surface area (Å²) >= 11 is 0. The van der Waals surface area contributed by atoms with Gasteiger partial charge in [0.05, 0.1) is 11.4 Å². The maximum Gasteiger partial charge on any atom is 0.126 e. The molecule has 90 valence electrons. The lowest BCUT2D eigenvalue weighted by Crippen LogP contribution is -2.48. The van der Waals surface area contributed by atoms with Crippen molar-refractivity contribution in [3.05, 3.63) is 30.9 Å². The highest BCUT2D eigenvalue weighted by Gasteiger charge is 2.05. The molecule has 7 N–H and O–H groups in total. The lowest BCUT2D eigenvalue weighted by atomic mass is 10.3. The van der Waals surface area contributed by atoms with E-state index in [-0.39, 0.29) is 11.4 Å². The fraction of sp³-hybridized carbons (Fsp3) is 0.111. The van der Waals surface area contributed by atoms with Gasteiger partial charge in [0.15, 0.2) is 0 Å². The maximum atomic E-state index is 10.5. The highest BCUT2D eigenvalue weighted by atomic mass is 32.2. The third-order valence-electron chi connectivity index (χ3n) is 1.51. The van der Waals surface area contributed by atoms with Crippen LogP contribution in [0.3, 0.4) is 0 Å². The number of hydrogen-bond acceptors (Lipinski definition) is 5. The van der Waals surface area contributed by atoms with Crippen LogP contribution >= 0.6 is 0 Å². The molecule has 0 atom stereocenters. The van der Waals surface area contributed by atoms with Crippen molar-refractivity contribution in [2.45, 2.75) is 4.90 Å². The minimum absolute atomic E-state index is 0.0841. The standard InChI is InChI=1S/C6H8N2O3S.C3H7N/c7-4-1-2-5(8)6(3-4)12(9,10)11;1-2-3-4/h1-3H,7-8H2,(H,9,10,11);2H,1,3-4H2. The second kappa shape index (κ2) is 6.11.